The lowest BCUT2D eigenvalue weighted by molar-refractivity contribution is 0.0818. The van der Waals surface area contributed by atoms with Gasteiger partial charge in [-0.2, -0.15) is 0 Å². The Bertz CT molecular complexity index is 1760. The predicted octanol–water partition coefficient (Wildman–Crippen LogP) is 3.59. The predicted molar refractivity (Wildman–Crippen MR) is 175 cm³/mol. The molecule has 45 heavy (non-hydrogen) atoms. The number of carbonyl (C=O) groups excluding carboxylic acids is 1. The van der Waals surface area contributed by atoms with E-state index < -0.39 is 0 Å². The number of pyridine rings is 1. The number of ether oxygens (including phenoxy) is 1. The number of carbonyl (C=O) groups is 1. The summed E-state index contributed by atoms with van der Waals surface area (Å²) in [6, 6.07) is 12.8. The number of nitrogens with two attached hydrogens (primary N) is 1. The monoisotopic (exact) mass is 631 g/mol. The number of hydrogen-bond acceptors (Lipinski definition) is 9. The number of aromatic nitrogens is 5. The van der Waals surface area contributed by atoms with Crippen LogP contribution in [0.5, 0.6) is 0 Å². The highest BCUT2D eigenvalue weighted by Crippen LogP contribution is 2.28. The van der Waals surface area contributed by atoms with Crippen LogP contribution >= 0.6 is 11.6 Å². The molecule has 2 fully saturated rings. The first-order valence-electron chi connectivity index (χ1n) is 15.2. The van der Waals surface area contributed by atoms with Gasteiger partial charge in [-0.25, -0.2) is 19.6 Å². The van der Waals surface area contributed by atoms with Gasteiger partial charge < -0.3 is 25.6 Å². The van der Waals surface area contributed by atoms with Gasteiger partial charge in [-0.05, 0) is 62.9 Å². The molecule has 0 aliphatic carbocycles. The molecule has 0 spiro atoms. The van der Waals surface area contributed by atoms with E-state index in [1.54, 1.807) is 56.2 Å². The number of nitrogens with zero attached hydrogens (tertiary/aromatic N) is 7. The van der Waals surface area contributed by atoms with Gasteiger partial charge >= 0.3 is 0 Å². The highest BCUT2D eigenvalue weighted by atomic mass is 35.5. The number of amides is 1. The number of benzene rings is 1. The Hall–Kier alpha value is -4.42. The summed E-state index contributed by atoms with van der Waals surface area (Å²) in [5.41, 5.74) is 8.60. The lowest BCUT2D eigenvalue weighted by atomic mass is 10.0. The van der Waals surface area contributed by atoms with E-state index in [0.29, 0.717) is 65.8 Å². The summed E-state index contributed by atoms with van der Waals surface area (Å²) in [5, 5.41) is 3.59. The summed E-state index contributed by atoms with van der Waals surface area (Å²) in [5.74, 6) is 1.48. The fourth-order valence-electron chi connectivity index (χ4n) is 6.17. The van der Waals surface area contributed by atoms with Gasteiger partial charge in [-0.15, -0.1) is 0 Å². The summed E-state index contributed by atoms with van der Waals surface area (Å²) in [6.07, 6.45) is 5.22. The minimum absolute atomic E-state index is 0.106. The molecule has 1 amide bonds. The van der Waals surface area contributed by atoms with Crippen LogP contribution in [-0.4, -0.2) is 75.7 Å². The summed E-state index contributed by atoms with van der Waals surface area (Å²) >= 11 is 6.15. The van der Waals surface area contributed by atoms with Crippen molar-refractivity contribution in [3.63, 3.8) is 0 Å². The average Bonchev–Trinajstić information content (AvgIpc) is 3.28. The SMILES string of the molecule is COC1CCN(c2cccc(-c3cnc(N)c(N4CCC(NC(=O)c5c(C)n(C)n(-c6cccc(Cl)c6)c5=O)CC4)n3)n2)CC1. The Morgan fingerprint density at radius 2 is 1.71 bits per heavy atom. The first-order chi connectivity index (χ1) is 21.7. The van der Waals surface area contributed by atoms with E-state index in [4.69, 9.17) is 32.0 Å². The molecular weight excluding hydrogens is 594 g/mol. The smallest absolute Gasteiger partial charge is 0.284 e. The zero-order valence-electron chi connectivity index (χ0n) is 25.7. The normalized spacial score (nSPS) is 16.3. The highest BCUT2D eigenvalue weighted by Gasteiger charge is 2.28. The van der Waals surface area contributed by atoms with Crippen LogP contribution in [0.15, 0.2) is 53.5 Å². The van der Waals surface area contributed by atoms with Crippen LogP contribution < -0.4 is 26.4 Å². The third kappa shape index (κ3) is 6.25. The van der Waals surface area contributed by atoms with E-state index >= 15 is 0 Å². The maximum atomic E-state index is 13.4. The first-order valence-corrected chi connectivity index (χ1v) is 15.6. The number of nitrogens with one attached hydrogen (secondary N) is 1. The maximum absolute atomic E-state index is 13.4. The topological polar surface area (TPSA) is 136 Å². The number of rotatable bonds is 7. The van der Waals surface area contributed by atoms with Crippen LogP contribution in [0.2, 0.25) is 5.02 Å². The van der Waals surface area contributed by atoms with Crippen molar-refractivity contribution in [3.8, 4) is 17.1 Å². The molecule has 0 bridgehead atoms. The highest BCUT2D eigenvalue weighted by molar-refractivity contribution is 6.30. The van der Waals surface area contributed by atoms with E-state index in [-0.39, 0.29) is 23.1 Å². The Kier molecular flexibility index (Phi) is 8.77. The number of methoxy groups -OCH3 is 1. The minimum atomic E-state index is -0.385. The molecule has 2 aliphatic rings. The van der Waals surface area contributed by atoms with E-state index in [1.165, 1.54) is 4.68 Å². The van der Waals surface area contributed by atoms with Crippen molar-refractivity contribution in [1.29, 1.82) is 0 Å². The maximum Gasteiger partial charge on any atom is 0.284 e. The van der Waals surface area contributed by atoms with Gasteiger partial charge in [-0.1, -0.05) is 23.7 Å². The molecule has 4 aromatic rings. The van der Waals surface area contributed by atoms with Crippen molar-refractivity contribution in [2.24, 2.45) is 7.05 Å². The molecule has 2 saturated heterocycles. The van der Waals surface area contributed by atoms with Crippen LogP contribution in [0.25, 0.3) is 17.1 Å². The molecule has 6 rings (SSSR count). The molecule has 3 aromatic heterocycles. The molecule has 0 atom stereocenters. The second-order valence-electron chi connectivity index (χ2n) is 11.6. The van der Waals surface area contributed by atoms with Crippen molar-refractivity contribution in [2.45, 2.75) is 44.8 Å². The largest absolute Gasteiger partial charge is 0.381 e. The number of nitrogen functional groups attached to an aromatic ring is 1. The summed E-state index contributed by atoms with van der Waals surface area (Å²) in [7, 11) is 3.52. The third-order valence-electron chi connectivity index (χ3n) is 8.84. The Balaban J connectivity index is 1.12. The summed E-state index contributed by atoms with van der Waals surface area (Å²) < 4.78 is 8.64. The fraction of sp³-hybridized carbons (Fsp3) is 0.406. The molecule has 5 heterocycles. The Labute approximate surface area is 266 Å². The number of piperidine rings is 2. The lowest BCUT2D eigenvalue weighted by Crippen LogP contribution is -2.46. The molecule has 3 N–H and O–H groups in total. The summed E-state index contributed by atoms with van der Waals surface area (Å²) in [6.45, 7) is 4.79. The third-order valence-corrected chi connectivity index (χ3v) is 9.08. The van der Waals surface area contributed by atoms with Crippen molar-refractivity contribution < 1.29 is 9.53 Å². The van der Waals surface area contributed by atoms with Crippen molar-refractivity contribution in [2.75, 3.05) is 48.8 Å². The summed E-state index contributed by atoms with van der Waals surface area (Å²) in [4.78, 5) is 45.3. The van der Waals surface area contributed by atoms with Gasteiger partial charge in [-0.3, -0.25) is 14.3 Å². The molecule has 0 saturated carbocycles. The van der Waals surface area contributed by atoms with Crippen LogP contribution in [-0.2, 0) is 11.8 Å². The molecule has 2 aliphatic heterocycles. The van der Waals surface area contributed by atoms with Crippen molar-refractivity contribution in [3.05, 3.63) is 75.3 Å². The van der Waals surface area contributed by atoms with Crippen molar-refractivity contribution in [1.82, 2.24) is 29.6 Å². The average molecular weight is 632 g/mol. The second kappa shape index (κ2) is 12.9. The molecule has 13 heteroatoms. The van der Waals surface area contributed by atoms with Crippen LogP contribution in [0, 0.1) is 6.92 Å². The van der Waals surface area contributed by atoms with Gasteiger partial charge in [0.1, 0.15) is 17.1 Å². The molecule has 12 nitrogen and oxygen atoms in total. The second-order valence-corrected chi connectivity index (χ2v) is 12.0. The number of halogens is 1. The van der Waals surface area contributed by atoms with E-state index in [9.17, 15) is 9.59 Å². The zero-order valence-corrected chi connectivity index (χ0v) is 26.5. The molecule has 1 aromatic carbocycles. The Morgan fingerprint density at radius 1 is 1.00 bits per heavy atom. The lowest BCUT2D eigenvalue weighted by Gasteiger charge is -2.33. The van der Waals surface area contributed by atoms with Gasteiger partial charge in [0.25, 0.3) is 11.5 Å². The zero-order chi connectivity index (χ0) is 31.7. The van der Waals surface area contributed by atoms with E-state index in [1.807, 2.05) is 18.2 Å². The van der Waals surface area contributed by atoms with Gasteiger partial charge in [0, 0.05) is 51.4 Å². The van der Waals surface area contributed by atoms with Crippen molar-refractivity contribution >= 4 is 35.0 Å². The fourth-order valence-corrected chi connectivity index (χ4v) is 6.35. The number of anilines is 3. The molecule has 236 valence electrons. The standard InChI is InChI=1S/C32H38ClN9O3/c1-20-28(32(44)42(39(20)2)23-7-4-6-21(33)18-23)31(43)36-22-10-14-41(15-11-22)30-29(34)35-19-26(38-30)25-8-5-9-27(37-25)40-16-12-24(45-3)13-17-40/h4-9,18-19,22,24H,10-17H2,1-3H3,(H2,34,35)(H,36,43). The van der Waals surface area contributed by atoms with Crippen LogP contribution in [0.4, 0.5) is 17.5 Å². The van der Waals surface area contributed by atoms with Gasteiger partial charge in [0.15, 0.2) is 11.6 Å². The minimum Gasteiger partial charge on any atom is -0.381 e. The quantitative estimate of drug-likeness (QED) is 0.314. The molecule has 0 radical (unpaired) electrons. The Morgan fingerprint density at radius 3 is 2.42 bits per heavy atom. The van der Waals surface area contributed by atoms with Crippen LogP contribution in [0.3, 0.4) is 0 Å². The van der Waals surface area contributed by atoms with E-state index in [2.05, 4.69) is 20.1 Å². The van der Waals surface area contributed by atoms with Crippen LogP contribution in [0.1, 0.15) is 41.7 Å². The number of hydrogen-bond donors (Lipinski definition) is 2. The van der Waals surface area contributed by atoms with Gasteiger partial charge in [0.05, 0.1) is 29.4 Å². The van der Waals surface area contributed by atoms with Gasteiger partial charge in [0.2, 0.25) is 0 Å². The van der Waals surface area contributed by atoms with E-state index in [0.717, 1.165) is 37.4 Å². The molecular formula is C32H38ClN9O3. The first kappa shape index (κ1) is 30.6. The molecule has 0 unspecified atom stereocenters.